The number of carbonyl (C=O) groups is 6. The molecular weight excluding hydrogens is 1470 g/mol. The lowest BCUT2D eigenvalue weighted by Gasteiger charge is -2.27. The Hall–Kier alpha value is -8.55. The Morgan fingerprint density at radius 2 is 0.860 bits per heavy atom. The molecule has 0 bridgehead atoms. The number of nitrogens with one attached hydrogen (secondary N) is 2. The first-order chi connectivity index (χ1) is 46.3. The fourth-order valence-corrected chi connectivity index (χ4v) is 11.6. The molecule has 2 N–H and O–H groups in total. The first kappa shape index (κ1) is 78.8. The lowest BCUT2D eigenvalue weighted by Crippen LogP contribution is -2.47. The van der Waals surface area contributed by atoms with Crippen LogP contribution in [0.25, 0.3) is 0 Å². The number of anilines is 6. The van der Waals surface area contributed by atoms with Gasteiger partial charge in [-0.15, -0.1) is 0 Å². The van der Waals surface area contributed by atoms with Crippen molar-refractivity contribution >= 4 is 127 Å². The Labute approximate surface area is 578 Å². The molecule has 0 spiro atoms. The van der Waals surface area contributed by atoms with Gasteiger partial charge < -0.3 is 29.8 Å². The van der Waals surface area contributed by atoms with Crippen LogP contribution in [0.3, 0.4) is 0 Å². The fourth-order valence-electron chi connectivity index (χ4n) is 10.2. The maximum atomic E-state index is 14.6. The van der Waals surface area contributed by atoms with Gasteiger partial charge in [0.2, 0.25) is 0 Å². The molecule has 3 aliphatic rings. The summed E-state index contributed by atoms with van der Waals surface area (Å²) in [4.78, 5) is 97.5. The van der Waals surface area contributed by atoms with Gasteiger partial charge in [-0.05, 0) is 99.8 Å². The average molecular weight is 1530 g/mol. The minimum atomic E-state index is -4.77. The lowest BCUT2D eigenvalue weighted by molar-refractivity contribution is -0.138. The minimum absolute atomic E-state index is 0.00361. The molecule has 0 aliphatic carbocycles. The first-order valence-electron chi connectivity index (χ1n) is 28.6. The summed E-state index contributed by atoms with van der Waals surface area (Å²) in [6, 6.07) is 3.31. The highest BCUT2D eigenvalue weighted by atomic mass is 35.5. The van der Waals surface area contributed by atoms with E-state index in [9.17, 15) is 98.8 Å². The van der Waals surface area contributed by atoms with E-state index in [1.165, 1.54) is 51.5 Å². The van der Waals surface area contributed by atoms with Crippen molar-refractivity contribution in [2.75, 3.05) is 107 Å². The van der Waals surface area contributed by atoms with Crippen LogP contribution in [-0.2, 0) is 42.6 Å². The molecule has 3 saturated heterocycles. The van der Waals surface area contributed by atoms with Gasteiger partial charge in [-0.2, -0.15) is 51.3 Å². The van der Waals surface area contributed by atoms with E-state index in [4.69, 9.17) is 39.6 Å². The molecule has 6 heterocycles. The number of amides is 9. The van der Waals surface area contributed by atoms with Gasteiger partial charge in [0, 0.05) is 85.3 Å². The summed E-state index contributed by atoms with van der Waals surface area (Å²) in [6.45, 7) is 3.16. The van der Waals surface area contributed by atoms with Gasteiger partial charge in [-0.1, -0.05) is 34.8 Å². The molecule has 3 fully saturated rings. The van der Waals surface area contributed by atoms with Crippen molar-refractivity contribution in [1.29, 1.82) is 4.78 Å². The molecule has 9 amide bonds. The van der Waals surface area contributed by atoms with Crippen LogP contribution in [0.2, 0.25) is 15.1 Å². The predicted octanol–water partition coefficient (Wildman–Crippen LogP) is 13.2. The highest BCUT2D eigenvalue weighted by Gasteiger charge is 2.48. The summed E-state index contributed by atoms with van der Waals surface area (Å²) in [5, 5.41) is -0.139. The molecule has 0 radical (unpaired) electrons. The van der Waals surface area contributed by atoms with E-state index < -0.39 is 160 Å². The third kappa shape index (κ3) is 17.6. The average Bonchev–Trinajstić information content (AvgIpc) is 1.61. The second-order valence-corrected chi connectivity index (χ2v) is 26.9. The van der Waals surface area contributed by atoms with Crippen molar-refractivity contribution in [2.45, 2.75) is 57.4 Å². The smallest absolute Gasteiger partial charge is 0.335 e. The molecule has 40 heteroatoms. The number of carbonyl (C=O) groups excluding carboxylic acids is 6. The monoisotopic (exact) mass is 1520 g/mol. The number of likely N-dealkylation sites (N-methyl/N-ethyl adjacent to an activating group) is 3. The number of pyridine rings is 3. The molecule has 540 valence electrons. The molecule has 100 heavy (non-hydrogen) atoms. The SMILES string of the molecule is CSCCN1C[C@@H](C(=O)N(C)c2ccc(F)c(Cl)c2F)N(c2cc(C(F)(F)F)cc(C)n2)C1=O.Cc1cc(C(F)(F)F)cc(N2C(=O)N(CCS(C)(=N)=O)C[C@H]2C(=O)N(C)c2ccc(F)c(Cl)c2F)n1.Cc1cc(C(F)(F)F)cc(N2C(=O)NC[C@H]2C(=O)N(C)c2ccc(F)c(Cl)c2F)n1. The second kappa shape index (κ2) is 30.7. The van der Waals surface area contributed by atoms with Crippen molar-refractivity contribution < 1.29 is 98.8 Å². The van der Waals surface area contributed by atoms with E-state index in [0.717, 1.165) is 102 Å². The zero-order chi connectivity index (χ0) is 74.9. The van der Waals surface area contributed by atoms with Crippen LogP contribution >= 0.6 is 46.6 Å². The van der Waals surface area contributed by atoms with E-state index in [-0.39, 0.29) is 78.6 Å². The molecule has 3 aromatic heterocycles. The van der Waals surface area contributed by atoms with Gasteiger partial charge in [0.15, 0.2) is 17.5 Å². The topological polar surface area (TPSA) is 220 Å². The van der Waals surface area contributed by atoms with E-state index in [1.54, 1.807) is 0 Å². The summed E-state index contributed by atoms with van der Waals surface area (Å²) in [5.41, 5.74) is -4.40. The van der Waals surface area contributed by atoms with Crippen molar-refractivity contribution in [3.8, 4) is 0 Å². The Morgan fingerprint density at radius 1 is 0.550 bits per heavy atom. The van der Waals surface area contributed by atoms with Gasteiger partial charge in [0.1, 0.15) is 68.1 Å². The Bertz CT molecular complexity index is 4320. The molecule has 1 unspecified atom stereocenters. The zero-order valence-electron chi connectivity index (χ0n) is 53.0. The number of benzene rings is 3. The summed E-state index contributed by atoms with van der Waals surface area (Å²) in [7, 11) is 0.468. The van der Waals surface area contributed by atoms with Gasteiger partial charge in [-0.3, -0.25) is 38.1 Å². The van der Waals surface area contributed by atoms with Crippen molar-refractivity contribution in [1.82, 2.24) is 30.1 Å². The molecule has 9 rings (SSSR count). The van der Waals surface area contributed by atoms with E-state index >= 15 is 0 Å². The van der Waals surface area contributed by atoms with Crippen molar-refractivity contribution in [3.05, 3.63) is 157 Å². The van der Waals surface area contributed by atoms with Crippen molar-refractivity contribution in [3.63, 3.8) is 0 Å². The number of halogens is 18. The standard InChI is InChI=1S/C21H21ClF5N5O3S.C21H20ClF5N4O2S.C18H14ClF5N4O2/c1-11-8-12(21(25,26)27)9-16(29-11)32-15(10-31(20(32)34)6-7-36(3,28)35)19(33)30(2)14-5-4-13(23)17(22)18(14)24;1-11-8-12(21(25,26)27)9-16(28-11)31-15(10-30(20(31)33)6-7-34-3)19(32)29(2)14-5-4-13(23)17(22)18(14)24;1-8-5-9(18(22,23)24)6-13(26-8)28-12(7-25-17(28)30)16(29)27(2)11-4-3-10(20)14(19)15(11)21/h4-5,8-9,15,28H,6-7,10H2,1-3H3;4-5,8-9,15H,6-7,10H2,1-3H3;3-6,12H,7H2,1-2H3,(H,25,30)/t15-,36?;15-;12-/m000/s1. The predicted molar refractivity (Wildman–Crippen MR) is 342 cm³/mol. The number of hydrogen-bond acceptors (Lipinski definition) is 12. The summed E-state index contributed by atoms with van der Waals surface area (Å²) < 4.78 is 223. The molecule has 3 aromatic carbocycles. The lowest BCUT2D eigenvalue weighted by atomic mass is 10.1. The van der Waals surface area contributed by atoms with Crippen molar-refractivity contribution in [2.24, 2.45) is 0 Å². The number of thioether (sulfide) groups is 1. The quantitative estimate of drug-likeness (QED) is 0.0727. The normalized spacial score (nSPS) is 17.0. The second-order valence-electron chi connectivity index (χ2n) is 22.3. The molecule has 6 aromatic rings. The molecule has 3 aliphatic heterocycles. The zero-order valence-corrected chi connectivity index (χ0v) is 56.9. The summed E-state index contributed by atoms with van der Waals surface area (Å²) in [5.74, 6) is -10.2. The number of urea groups is 3. The minimum Gasteiger partial charge on any atom is -0.335 e. The van der Waals surface area contributed by atoms with Gasteiger partial charge in [0.25, 0.3) is 17.7 Å². The number of aryl methyl sites for hydroxylation is 3. The molecule has 0 saturated carbocycles. The maximum absolute atomic E-state index is 14.6. The summed E-state index contributed by atoms with van der Waals surface area (Å²) in [6.07, 6.45) is -11.2. The van der Waals surface area contributed by atoms with E-state index in [2.05, 4.69) is 20.3 Å². The van der Waals surface area contributed by atoms with Crippen LogP contribution in [0.4, 0.5) is 115 Å². The fraction of sp³-hybridized carbons (Fsp3) is 0.350. The molecule has 20 nitrogen and oxygen atoms in total. The van der Waals surface area contributed by atoms with Gasteiger partial charge >= 0.3 is 36.6 Å². The number of rotatable bonds is 15. The van der Waals surface area contributed by atoms with Crippen LogP contribution in [0.1, 0.15) is 33.8 Å². The number of aromatic nitrogens is 3. The number of alkyl halides is 9. The summed E-state index contributed by atoms with van der Waals surface area (Å²) >= 11 is 18.2. The van der Waals surface area contributed by atoms with Crippen LogP contribution < -0.4 is 34.7 Å². The maximum Gasteiger partial charge on any atom is 0.416 e. The highest BCUT2D eigenvalue weighted by Crippen LogP contribution is 2.39. The van der Waals surface area contributed by atoms with Crippen LogP contribution in [0.5, 0.6) is 0 Å². The van der Waals surface area contributed by atoms with Crippen LogP contribution in [0.15, 0.2) is 72.8 Å². The van der Waals surface area contributed by atoms with E-state index in [1.807, 2.05) is 6.26 Å². The third-order valence-electron chi connectivity index (χ3n) is 15.2. The number of hydrogen-bond donors (Lipinski definition) is 2. The number of nitrogens with zero attached hydrogens (tertiary/aromatic N) is 11. The molecular formula is C60H55Cl3F15N13O7S2. The Kier molecular flexibility index (Phi) is 24.2. The first-order valence-corrected chi connectivity index (χ1v) is 33.3. The van der Waals surface area contributed by atoms with Gasteiger partial charge in [-0.25, -0.2) is 55.7 Å². The third-order valence-corrected chi connectivity index (χ3v) is 17.8. The van der Waals surface area contributed by atoms with Crippen LogP contribution in [0, 0.1) is 60.5 Å². The molecule has 4 atom stereocenters. The highest BCUT2D eigenvalue weighted by molar-refractivity contribution is 7.98. The van der Waals surface area contributed by atoms with E-state index in [0.29, 0.717) is 24.0 Å². The van der Waals surface area contributed by atoms with Gasteiger partial charge in [0.05, 0.1) is 46.8 Å². The Balaban J connectivity index is 0.000000212. The van der Waals surface area contributed by atoms with Crippen LogP contribution in [-0.4, -0.2) is 161 Å². The Morgan fingerprint density at radius 3 is 1.17 bits per heavy atom. The largest absolute Gasteiger partial charge is 0.416 e.